The highest BCUT2D eigenvalue weighted by Gasteiger charge is 2.13. The molecule has 122 valence electrons. The fourth-order valence-electron chi connectivity index (χ4n) is 2.22. The fraction of sp³-hybridized carbons (Fsp3) is 0.235. The summed E-state index contributed by atoms with van der Waals surface area (Å²) in [6, 6.07) is 13.7. The predicted molar refractivity (Wildman–Crippen MR) is 92.3 cm³/mol. The van der Waals surface area contributed by atoms with E-state index in [1.54, 1.807) is 36.4 Å². The number of carbonyl (C=O) groups excluding carboxylic acids is 1. The molecule has 0 heterocycles. The van der Waals surface area contributed by atoms with E-state index in [4.69, 9.17) is 11.6 Å². The van der Waals surface area contributed by atoms with Gasteiger partial charge in [-0.15, -0.1) is 0 Å². The molecule has 0 spiro atoms. The summed E-state index contributed by atoms with van der Waals surface area (Å²) in [5.74, 6) is -0.330. The molecule has 0 aliphatic heterocycles. The Kier molecular flexibility index (Phi) is 5.44. The van der Waals surface area contributed by atoms with Gasteiger partial charge in [-0.2, -0.15) is 0 Å². The third-order valence-corrected chi connectivity index (χ3v) is 4.45. The summed E-state index contributed by atoms with van der Waals surface area (Å²) in [4.78, 5) is 12.3. The lowest BCUT2D eigenvalue weighted by atomic mass is 10.1. The molecule has 0 bridgehead atoms. The van der Waals surface area contributed by atoms with Crippen LogP contribution in [0.4, 0.5) is 0 Å². The van der Waals surface area contributed by atoms with Crippen LogP contribution in [-0.2, 0) is 15.6 Å². The maximum atomic E-state index is 12.3. The Morgan fingerprint density at radius 1 is 1.17 bits per heavy atom. The smallest absolute Gasteiger partial charge is 0.251 e. The summed E-state index contributed by atoms with van der Waals surface area (Å²) in [6.07, 6.45) is 1.17. The topological polar surface area (TPSA) is 63.2 Å². The van der Waals surface area contributed by atoms with Gasteiger partial charge in [-0.3, -0.25) is 4.79 Å². The predicted octanol–water partition coefficient (Wildman–Crippen LogP) is 3.38. The van der Waals surface area contributed by atoms with Crippen molar-refractivity contribution in [3.8, 4) is 0 Å². The first kappa shape index (κ1) is 17.5. The van der Waals surface area contributed by atoms with Gasteiger partial charge in [-0.25, -0.2) is 8.42 Å². The van der Waals surface area contributed by atoms with Crippen LogP contribution in [0.25, 0.3) is 0 Å². The van der Waals surface area contributed by atoms with Crippen molar-refractivity contribution in [3.05, 3.63) is 70.2 Å². The first-order valence-corrected chi connectivity index (χ1v) is 9.51. The zero-order valence-electron chi connectivity index (χ0n) is 12.9. The summed E-state index contributed by atoms with van der Waals surface area (Å²) in [6.45, 7) is 1.88. The molecular formula is C17H18ClNO3S. The van der Waals surface area contributed by atoms with Gasteiger partial charge in [-0.05, 0) is 42.3 Å². The van der Waals surface area contributed by atoms with Crippen molar-refractivity contribution in [1.29, 1.82) is 0 Å². The van der Waals surface area contributed by atoms with E-state index in [1.165, 1.54) is 6.26 Å². The zero-order chi connectivity index (χ0) is 17.0. The SMILES string of the molecule is CC(NC(=O)c1cccc(CS(C)(=O)=O)c1)c1ccc(Cl)cc1. The van der Waals surface area contributed by atoms with E-state index in [2.05, 4.69) is 5.32 Å². The highest BCUT2D eigenvalue weighted by atomic mass is 35.5. The van der Waals surface area contributed by atoms with Gasteiger partial charge < -0.3 is 5.32 Å². The Morgan fingerprint density at radius 2 is 1.83 bits per heavy atom. The van der Waals surface area contributed by atoms with Crippen molar-refractivity contribution >= 4 is 27.3 Å². The van der Waals surface area contributed by atoms with Crippen molar-refractivity contribution in [2.24, 2.45) is 0 Å². The number of nitrogens with one attached hydrogen (secondary N) is 1. The number of hydrogen-bond donors (Lipinski definition) is 1. The molecule has 2 aromatic carbocycles. The molecule has 0 aliphatic rings. The van der Waals surface area contributed by atoms with Gasteiger partial charge >= 0.3 is 0 Å². The average molecular weight is 352 g/mol. The Balaban J connectivity index is 2.11. The maximum absolute atomic E-state index is 12.3. The molecule has 2 aromatic rings. The third kappa shape index (κ3) is 5.37. The Labute approximate surface area is 141 Å². The van der Waals surface area contributed by atoms with Gasteiger partial charge in [0.15, 0.2) is 9.84 Å². The normalized spacial score (nSPS) is 12.7. The van der Waals surface area contributed by atoms with Crippen molar-refractivity contribution in [2.45, 2.75) is 18.7 Å². The number of amides is 1. The van der Waals surface area contributed by atoms with E-state index in [1.807, 2.05) is 19.1 Å². The van der Waals surface area contributed by atoms with Crippen molar-refractivity contribution in [3.63, 3.8) is 0 Å². The maximum Gasteiger partial charge on any atom is 0.251 e. The number of hydrogen-bond acceptors (Lipinski definition) is 3. The van der Waals surface area contributed by atoms with Crippen LogP contribution < -0.4 is 5.32 Å². The fourth-order valence-corrected chi connectivity index (χ4v) is 3.13. The highest BCUT2D eigenvalue weighted by Crippen LogP contribution is 2.17. The second kappa shape index (κ2) is 7.15. The molecule has 0 aliphatic carbocycles. The molecule has 0 fully saturated rings. The molecule has 2 rings (SSSR count). The molecule has 4 nitrogen and oxygen atoms in total. The summed E-state index contributed by atoms with van der Waals surface area (Å²) >= 11 is 5.85. The third-order valence-electron chi connectivity index (χ3n) is 3.34. The number of rotatable bonds is 5. The van der Waals surface area contributed by atoms with E-state index in [0.717, 1.165) is 5.56 Å². The Hall–Kier alpha value is -1.85. The molecule has 1 N–H and O–H groups in total. The van der Waals surface area contributed by atoms with Gasteiger partial charge in [0.2, 0.25) is 0 Å². The number of halogens is 1. The van der Waals surface area contributed by atoms with Crippen LogP contribution >= 0.6 is 11.6 Å². The Bertz CT molecular complexity index is 801. The zero-order valence-corrected chi connectivity index (χ0v) is 14.5. The second-order valence-corrected chi connectivity index (χ2v) is 8.09. The van der Waals surface area contributed by atoms with Crippen LogP contribution in [0.1, 0.15) is 34.5 Å². The van der Waals surface area contributed by atoms with E-state index < -0.39 is 9.84 Å². The number of carbonyl (C=O) groups is 1. The van der Waals surface area contributed by atoms with Gasteiger partial charge in [0.1, 0.15) is 0 Å². The Morgan fingerprint density at radius 3 is 2.43 bits per heavy atom. The van der Waals surface area contributed by atoms with E-state index in [0.29, 0.717) is 16.1 Å². The molecule has 0 saturated heterocycles. The molecule has 1 unspecified atom stereocenters. The van der Waals surface area contributed by atoms with Crippen LogP contribution in [0, 0.1) is 0 Å². The van der Waals surface area contributed by atoms with E-state index in [9.17, 15) is 13.2 Å². The van der Waals surface area contributed by atoms with Crippen LogP contribution in [0.5, 0.6) is 0 Å². The second-order valence-electron chi connectivity index (χ2n) is 5.52. The van der Waals surface area contributed by atoms with Crippen LogP contribution in [-0.4, -0.2) is 20.6 Å². The first-order chi connectivity index (χ1) is 10.7. The standard InChI is InChI=1S/C17H18ClNO3S/c1-12(14-6-8-16(18)9-7-14)19-17(20)15-5-3-4-13(10-15)11-23(2,21)22/h3-10,12H,11H2,1-2H3,(H,19,20). The molecule has 6 heteroatoms. The summed E-state index contributed by atoms with van der Waals surface area (Å²) < 4.78 is 22.7. The van der Waals surface area contributed by atoms with Gasteiger partial charge in [0.25, 0.3) is 5.91 Å². The van der Waals surface area contributed by atoms with Crippen molar-refractivity contribution in [2.75, 3.05) is 6.26 Å². The van der Waals surface area contributed by atoms with Gasteiger partial charge in [0.05, 0.1) is 11.8 Å². The largest absolute Gasteiger partial charge is 0.346 e. The summed E-state index contributed by atoms with van der Waals surface area (Å²) in [7, 11) is -3.13. The lowest BCUT2D eigenvalue weighted by Crippen LogP contribution is -2.26. The molecule has 23 heavy (non-hydrogen) atoms. The van der Waals surface area contributed by atoms with Gasteiger partial charge in [0, 0.05) is 16.8 Å². The lowest BCUT2D eigenvalue weighted by Gasteiger charge is -2.15. The minimum atomic E-state index is -3.13. The molecular weight excluding hydrogens is 334 g/mol. The van der Waals surface area contributed by atoms with Crippen LogP contribution in [0.3, 0.4) is 0 Å². The highest BCUT2D eigenvalue weighted by molar-refractivity contribution is 7.89. The minimum Gasteiger partial charge on any atom is -0.346 e. The lowest BCUT2D eigenvalue weighted by molar-refractivity contribution is 0.0939. The molecule has 1 amide bonds. The van der Waals surface area contributed by atoms with E-state index >= 15 is 0 Å². The quantitative estimate of drug-likeness (QED) is 0.898. The van der Waals surface area contributed by atoms with E-state index in [-0.39, 0.29) is 17.7 Å². The molecule has 0 aromatic heterocycles. The number of sulfone groups is 1. The van der Waals surface area contributed by atoms with Crippen molar-refractivity contribution < 1.29 is 13.2 Å². The summed E-state index contributed by atoms with van der Waals surface area (Å²) in [5.41, 5.74) is 1.97. The monoisotopic (exact) mass is 351 g/mol. The average Bonchev–Trinajstić information content (AvgIpc) is 2.46. The minimum absolute atomic E-state index is 0.0825. The summed E-state index contributed by atoms with van der Waals surface area (Å²) in [5, 5.41) is 3.53. The molecule has 1 atom stereocenters. The molecule has 0 saturated carbocycles. The van der Waals surface area contributed by atoms with Crippen LogP contribution in [0.2, 0.25) is 5.02 Å². The van der Waals surface area contributed by atoms with Gasteiger partial charge in [-0.1, -0.05) is 35.9 Å². The molecule has 0 radical (unpaired) electrons. The van der Waals surface area contributed by atoms with Crippen molar-refractivity contribution in [1.82, 2.24) is 5.32 Å². The first-order valence-electron chi connectivity index (χ1n) is 7.07. The number of benzene rings is 2. The van der Waals surface area contributed by atoms with Crippen LogP contribution in [0.15, 0.2) is 48.5 Å².